The third-order valence-corrected chi connectivity index (χ3v) is 9.03. The molecule has 1 spiro atoms. The minimum absolute atomic E-state index is 0.0926. The highest BCUT2D eigenvalue weighted by Gasteiger charge is 2.46. The average molecular weight is 554 g/mol. The van der Waals surface area contributed by atoms with Crippen molar-refractivity contribution in [3.63, 3.8) is 0 Å². The summed E-state index contributed by atoms with van der Waals surface area (Å²) in [5.74, 6) is -0.339. The fourth-order valence-electron chi connectivity index (χ4n) is 4.77. The molecule has 208 valence electrons. The first-order chi connectivity index (χ1) is 18.0. The van der Waals surface area contributed by atoms with Crippen LogP contribution < -0.4 is 5.32 Å². The number of nitro benzene ring substituents is 1. The van der Waals surface area contributed by atoms with Crippen molar-refractivity contribution in [2.24, 2.45) is 5.16 Å². The summed E-state index contributed by atoms with van der Waals surface area (Å²) in [6.45, 7) is 4.67. The van der Waals surface area contributed by atoms with Crippen LogP contribution in [0.25, 0.3) is 0 Å². The lowest BCUT2D eigenvalue weighted by Gasteiger charge is -2.36. The molecule has 14 nitrogen and oxygen atoms in total. The predicted octanol–water partition coefficient (Wildman–Crippen LogP) is 1.87. The SMILES string of the molecule is CCOC(=O)ON1CCC(NC(=O)C2=NOC3(CCN(S(=O)(=O)c4cc([N+](=O)[O-])ccc4C)CC3)C2)CC1. The summed E-state index contributed by atoms with van der Waals surface area (Å²) in [7, 11) is -3.95. The molecule has 15 heteroatoms. The number of hydrogen-bond acceptors (Lipinski definition) is 11. The summed E-state index contributed by atoms with van der Waals surface area (Å²) < 4.78 is 32.5. The molecule has 0 saturated carbocycles. The summed E-state index contributed by atoms with van der Waals surface area (Å²) >= 11 is 0. The first-order valence-electron chi connectivity index (χ1n) is 12.4. The van der Waals surface area contributed by atoms with Gasteiger partial charge in [-0.05, 0) is 32.3 Å². The Bertz CT molecular complexity index is 1220. The number of rotatable bonds is 7. The molecule has 3 aliphatic rings. The van der Waals surface area contributed by atoms with Crippen molar-refractivity contribution in [2.45, 2.75) is 62.5 Å². The van der Waals surface area contributed by atoms with Gasteiger partial charge in [0.05, 0.1) is 16.4 Å². The Labute approximate surface area is 220 Å². The highest BCUT2D eigenvalue weighted by molar-refractivity contribution is 7.89. The zero-order chi connectivity index (χ0) is 27.5. The van der Waals surface area contributed by atoms with Gasteiger partial charge in [-0.2, -0.15) is 4.31 Å². The van der Waals surface area contributed by atoms with Crippen molar-refractivity contribution >= 4 is 33.5 Å². The van der Waals surface area contributed by atoms with E-state index in [4.69, 9.17) is 14.4 Å². The van der Waals surface area contributed by atoms with Crippen LogP contribution in [0.4, 0.5) is 10.5 Å². The van der Waals surface area contributed by atoms with Crippen LogP contribution in [0, 0.1) is 17.0 Å². The zero-order valence-electron chi connectivity index (χ0n) is 21.3. The van der Waals surface area contributed by atoms with Crippen molar-refractivity contribution in [1.82, 2.24) is 14.7 Å². The molecule has 3 heterocycles. The lowest BCUT2D eigenvalue weighted by atomic mass is 9.87. The van der Waals surface area contributed by atoms with Gasteiger partial charge in [0, 0.05) is 63.6 Å². The molecule has 2 fully saturated rings. The number of nitrogens with one attached hydrogen (secondary N) is 1. The number of nitro groups is 1. The quantitative estimate of drug-likeness (QED) is 0.299. The van der Waals surface area contributed by atoms with Crippen LogP contribution in [0.1, 0.15) is 44.6 Å². The zero-order valence-corrected chi connectivity index (χ0v) is 22.1. The maximum absolute atomic E-state index is 13.2. The van der Waals surface area contributed by atoms with Crippen molar-refractivity contribution in [1.29, 1.82) is 0 Å². The van der Waals surface area contributed by atoms with Crippen LogP contribution >= 0.6 is 0 Å². The number of nitrogens with zero attached hydrogens (tertiary/aromatic N) is 4. The van der Waals surface area contributed by atoms with E-state index in [1.807, 2.05) is 0 Å². The lowest BCUT2D eigenvalue weighted by molar-refractivity contribution is -0.385. The van der Waals surface area contributed by atoms with Gasteiger partial charge in [0.25, 0.3) is 11.6 Å². The summed E-state index contributed by atoms with van der Waals surface area (Å²) in [5, 5.41) is 19.6. The number of aryl methyl sites for hydroxylation is 1. The highest BCUT2D eigenvalue weighted by atomic mass is 32.2. The van der Waals surface area contributed by atoms with Gasteiger partial charge in [0.2, 0.25) is 10.0 Å². The normalized spacial score (nSPS) is 20.4. The van der Waals surface area contributed by atoms with E-state index in [0.29, 0.717) is 44.3 Å². The molecule has 1 N–H and O–H groups in total. The van der Waals surface area contributed by atoms with Crippen LogP contribution in [0.2, 0.25) is 0 Å². The molecule has 1 aromatic carbocycles. The van der Waals surface area contributed by atoms with Crippen LogP contribution in [0.15, 0.2) is 28.3 Å². The molecular weight excluding hydrogens is 522 g/mol. The van der Waals surface area contributed by atoms with Gasteiger partial charge >= 0.3 is 6.16 Å². The number of benzene rings is 1. The molecule has 0 aliphatic carbocycles. The molecular formula is C23H31N5O9S. The number of ether oxygens (including phenoxy) is 1. The Kier molecular flexibility index (Phi) is 8.18. The Morgan fingerprint density at radius 2 is 1.92 bits per heavy atom. The molecule has 0 atom stereocenters. The van der Waals surface area contributed by atoms with Crippen LogP contribution in [0.5, 0.6) is 0 Å². The number of carbonyl (C=O) groups excluding carboxylic acids is 2. The minimum Gasteiger partial charge on any atom is -0.433 e. The largest absolute Gasteiger partial charge is 0.527 e. The Balaban J connectivity index is 1.28. The summed E-state index contributed by atoms with van der Waals surface area (Å²) in [6, 6.07) is 3.66. The fourth-order valence-corrected chi connectivity index (χ4v) is 6.46. The maximum atomic E-state index is 13.2. The summed E-state index contributed by atoms with van der Waals surface area (Å²) in [5.41, 5.74) is -0.384. The monoisotopic (exact) mass is 553 g/mol. The van der Waals surface area contributed by atoms with E-state index in [0.717, 1.165) is 6.07 Å². The number of hydrogen-bond donors (Lipinski definition) is 1. The number of non-ortho nitro benzene ring substituents is 1. The Morgan fingerprint density at radius 1 is 1.24 bits per heavy atom. The highest BCUT2D eigenvalue weighted by Crippen LogP contribution is 2.37. The lowest BCUT2D eigenvalue weighted by Crippen LogP contribution is -2.49. The van der Waals surface area contributed by atoms with Crippen LogP contribution in [-0.2, 0) is 29.2 Å². The van der Waals surface area contributed by atoms with Crippen LogP contribution in [-0.4, -0.2) is 84.9 Å². The number of hydroxylamine groups is 2. The Morgan fingerprint density at radius 3 is 2.55 bits per heavy atom. The third kappa shape index (κ3) is 6.05. The molecule has 0 radical (unpaired) electrons. The van der Waals surface area contributed by atoms with E-state index in [1.165, 1.54) is 21.5 Å². The summed E-state index contributed by atoms with van der Waals surface area (Å²) in [4.78, 5) is 45.4. The number of amides is 1. The van der Waals surface area contributed by atoms with Crippen molar-refractivity contribution < 1.29 is 37.3 Å². The van der Waals surface area contributed by atoms with Gasteiger partial charge in [-0.3, -0.25) is 14.9 Å². The van der Waals surface area contributed by atoms with Gasteiger partial charge in [0.15, 0.2) is 0 Å². The molecule has 2 saturated heterocycles. The minimum atomic E-state index is -3.95. The fraction of sp³-hybridized carbons (Fsp3) is 0.609. The number of piperidine rings is 2. The van der Waals surface area contributed by atoms with Crippen molar-refractivity contribution in [2.75, 3.05) is 32.8 Å². The summed E-state index contributed by atoms with van der Waals surface area (Å²) in [6.07, 6.45) is 1.31. The van der Waals surface area contributed by atoms with Crippen molar-refractivity contribution in [3.05, 3.63) is 33.9 Å². The topological polar surface area (TPSA) is 170 Å². The molecule has 4 rings (SSSR count). The predicted molar refractivity (Wildman–Crippen MR) is 133 cm³/mol. The van der Waals surface area contributed by atoms with E-state index >= 15 is 0 Å². The molecule has 0 unspecified atom stereocenters. The maximum Gasteiger partial charge on any atom is 0.527 e. The van der Waals surface area contributed by atoms with Crippen molar-refractivity contribution in [3.8, 4) is 0 Å². The number of sulfonamides is 1. The van der Waals surface area contributed by atoms with Gasteiger partial charge in [-0.25, -0.2) is 13.2 Å². The molecule has 1 aromatic rings. The second-order valence-corrected chi connectivity index (χ2v) is 11.5. The third-order valence-electron chi connectivity index (χ3n) is 6.99. The molecule has 3 aliphatic heterocycles. The van der Waals surface area contributed by atoms with Gasteiger partial charge < -0.3 is 19.7 Å². The van der Waals surface area contributed by atoms with Crippen LogP contribution in [0.3, 0.4) is 0 Å². The second-order valence-electron chi connectivity index (χ2n) is 9.55. The molecule has 0 bridgehead atoms. The van der Waals surface area contributed by atoms with Gasteiger partial charge in [0.1, 0.15) is 11.3 Å². The smallest absolute Gasteiger partial charge is 0.433 e. The Hall–Kier alpha value is -3.30. The van der Waals surface area contributed by atoms with Gasteiger partial charge in [-0.1, -0.05) is 11.2 Å². The van der Waals surface area contributed by atoms with E-state index < -0.39 is 26.7 Å². The van der Waals surface area contributed by atoms with E-state index in [9.17, 15) is 28.1 Å². The molecule has 38 heavy (non-hydrogen) atoms. The first kappa shape index (κ1) is 27.7. The standard InChI is InChI=1S/C23H31N5O9S/c1-3-35-22(30)36-26-10-6-17(7-11-26)24-21(29)19-15-23(37-25-19)8-12-27(13-9-23)38(33,34)20-14-18(28(31)32)5-4-16(20)2/h4-5,14,17H,3,6-13,15H2,1-2H3,(H,24,29). The molecule has 1 amide bonds. The van der Waals surface area contributed by atoms with E-state index in [1.54, 1.807) is 13.8 Å². The van der Waals surface area contributed by atoms with E-state index in [2.05, 4.69) is 10.5 Å². The van der Waals surface area contributed by atoms with E-state index in [-0.39, 0.29) is 54.4 Å². The average Bonchev–Trinajstić information content (AvgIpc) is 3.29. The number of oxime groups is 1. The first-order valence-corrected chi connectivity index (χ1v) is 13.9. The second kappa shape index (κ2) is 11.2. The number of carbonyl (C=O) groups is 2. The molecule has 0 aromatic heterocycles. The van der Waals surface area contributed by atoms with Gasteiger partial charge in [-0.15, -0.1) is 5.06 Å².